The Morgan fingerprint density at radius 2 is 2.00 bits per heavy atom. The van der Waals surface area contributed by atoms with Gasteiger partial charge in [-0.3, -0.25) is 19.3 Å². The fourth-order valence-electron chi connectivity index (χ4n) is 2.85. The second-order valence-corrected chi connectivity index (χ2v) is 8.47. The lowest BCUT2D eigenvalue weighted by Crippen LogP contribution is -2.36. The van der Waals surface area contributed by atoms with Gasteiger partial charge in [0.15, 0.2) is 29.0 Å². The molecule has 7 nitrogen and oxygen atoms in total. The van der Waals surface area contributed by atoms with E-state index in [0.717, 1.165) is 6.07 Å². The highest BCUT2D eigenvalue weighted by molar-refractivity contribution is 9.10. The summed E-state index contributed by atoms with van der Waals surface area (Å²) < 4.78 is 51.6. The summed E-state index contributed by atoms with van der Waals surface area (Å²) in [6.45, 7) is -0.857. The quantitative estimate of drug-likeness (QED) is 0.307. The van der Waals surface area contributed by atoms with Gasteiger partial charge in [-0.25, -0.2) is 13.2 Å². The number of anilines is 1. The van der Waals surface area contributed by atoms with Gasteiger partial charge in [-0.1, -0.05) is 21.9 Å². The number of carbonyl (C=O) groups excluding carboxylic acids is 3. The molecule has 0 radical (unpaired) electrons. The molecule has 1 aliphatic rings. The van der Waals surface area contributed by atoms with Crippen molar-refractivity contribution in [3.63, 3.8) is 0 Å². The number of nitrogens with one attached hydrogen (secondary N) is 1. The average molecular weight is 555 g/mol. The van der Waals surface area contributed by atoms with E-state index in [0.29, 0.717) is 38.5 Å². The summed E-state index contributed by atoms with van der Waals surface area (Å²) in [4.78, 5) is 38.0. The van der Waals surface area contributed by atoms with Gasteiger partial charge in [-0.15, -0.1) is 6.42 Å². The highest BCUT2D eigenvalue weighted by atomic mass is 79.9. The van der Waals surface area contributed by atoms with Crippen molar-refractivity contribution in [1.82, 2.24) is 4.90 Å². The molecule has 0 atom stereocenters. The van der Waals surface area contributed by atoms with Gasteiger partial charge in [0.1, 0.15) is 13.2 Å². The minimum absolute atomic E-state index is 0.0254. The fraction of sp³-hybridized carbons (Fsp3) is 0.136. The number of terminal acetylenes is 1. The van der Waals surface area contributed by atoms with Crippen LogP contribution in [0, 0.1) is 29.8 Å². The highest BCUT2D eigenvalue weighted by Crippen LogP contribution is 2.39. The van der Waals surface area contributed by atoms with Crippen LogP contribution in [-0.4, -0.2) is 42.2 Å². The first kappa shape index (κ1) is 25.2. The molecule has 1 saturated heterocycles. The van der Waals surface area contributed by atoms with Crippen LogP contribution in [0.15, 0.2) is 33.6 Å². The molecular formula is C22H14BrF3N2O5S. The molecule has 2 aromatic carbocycles. The molecule has 3 amide bonds. The molecule has 0 saturated carbocycles. The van der Waals surface area contributed by atoms with E-state index in [1.807, 2.05) is 5.32 Å². The molecule has 0 unspecified atom stereocenters. The second-order valence-electron chi connectivity index (χ2n) is 6.56. The number of methoxy groups -OCH3 is 1. The zero-order chi connectivity index (χ0) is 25.0. The van der Waals surface area contributed by atoms with Crippen LogP contribution in [0.25, 0.3) is 6.08 Å². The van der Waals surface area contributed by atoms with Gasteiger partial charge in [-0.2, -0.15) is 0 Å². The lowest BCUT2D eigenvalue weighted by atomic mass is 10.1. The smallest absolute Gasteiger partial charge is 0.294 e. The number of halogens is 4. The van der Waals surface area contributed by atoms with Crippen molar-refractivity contribution in [2.75, 3.05) is 25.6 Å². The Morgan fingerprint density at radius 1 is 1.26 bits per heavy atom. The number of nitrogens with zero attached hydrogens (tertiary/aromatic N) is 1. The van der Waals surface area contributed by atoms with E-state index in [9.17, 15) is 27.6 Å². The summed E-state index contributed by atoms with van der Waals surface area (Å²) in [6, 6.07) is 4.68. The number of imide groups is 1. The second kappa shape index (κ2) is 10.7. The maximum absolute atomic E-state index is 13.8. The number of benzene rings is 2. The molecule has 12 heteroatoms. The first-order valence-corrected chi connectivity index (χ1v) is 10.9. The largest absolute Gasteiger partial charge is 0.493 e. The number of ether oxygens (including phenoxy) is 2. The number of amides is 3. The summed E-state index contributed by atoms with van der Waals surface area (Å²) in [5.41, 5.74) is -0.261. The summed E-state index contributed by atoms with van der Waals surface area (Å²) in [7, 11) is 1.41. The van der Waals surface area contributed by atoms with Gasteiger partial charge >= 0.3 is 0 Å². The summed E-state index contributed by atoms with van der Waals surface area (Å²) in [5, 5.41) is 1.25. The first-order chi connectivity index (χ1) is 16.2. The Labute approximate surface area is 204 Å². The molecule has 3 rings (SSSR count). The van der Waals surface area contributed by atoms with Gasteiger partial charge in [-0.05, 0) is 42.1 Å². The standard InChI is InChI=1S/C22H14BrF3N2O5S/c1-3-6-33-20-11(7-12(23)9-15(20)32-2)8-16-21(30)28(22(31)34-16)10-17(29)27-14-5-4-13(24)18(25)19(14)26/h1,4-5,7-9H,6,10H2,2H3,(H,27,29)/b16-8+. The molecule has 1 aliphatic heterocycles. The molecule has 176 valence electrons. The molecule has 0 aliphatic carbocycles. The molecule has 0 spiro atoms. The van der Waals surface area contributed by atoms with Crippen molar-refractivity contribution < 1.29 is 37.0 Å². The Kier molecular flexibility index (Phi) is 7.90. The zero-order valence-electron chi connectivity index (χ0n) is 17.3. The van der Waals surface area contributed by atoms with Crippen LogP contribution in [0.1, 0.15) is 5.56 Å². The van der Waals surface area contributed by atoms with Crippen LogP contribution < -0.4 is 14.8 Å². The average Bonchev–Trinajstić information content (AvgIpc) is 3.05. The van der Waals surface area contributed by atoms with Crippen molar-refractivity contribution >= 4 is 56.5 Å². The molecule has 0 bridgehead atoms. The predicted molar refractivity (Wildman–Crippen MR) is 123 cm³/mol. The van der Waals surface area contributed by atoms with E-state index in [-0.39, 0.29) is 17.3 Å². The normalized spacial score (nSPS) is 14.4. The maximum Gasteiger partial charge on any atom is 0.294 e. The van der Waals surface area contributed by atoms with E-state index >= 15 is 0 Å². The fourth-order valence-corrected chi connectivity index (χ4v) is 4.13. The molecule has 1 fully saturated rings. The lowest BCUT2D eigenvalue weighted by Gasteiger charge is -2.14. The van der Waals surface area contributed by atoms with Crippen molar-refractivity contribution in [2.45, 2.75) is 0 Å². The van der Waals surface area contributed by atoms with Crippen molar-refractivity contribution in [3.05, 3.63) is 56.7 Å². The maximum atomic E-state index is 13.8. The molecule has 34 heavy (non-hydrogen) atoms. The number of rotatable bonds is 7. The van der Waals surface area contributed by atoms with E-state index in [4.69, 9.17) is 15.9 Å². The van der Waals surface area contributed by atoms with Gasteiger partial charge in [0.25, 0.3) is 11.1 Å². The SMILES string of the molecule is C#CCOc1c(/C=C2/SC(=O)N(CC(=O)Nc3ccc(F)c(F)c3F)C2=O)cc(Br)cc1OC. The van der Waals surface area contributed by atoms with Crippen LogP contribution in [-0.2, 0) is 9.59 Å². The monoisotopic (exact) mass is 554 g/mol. The Morgan fingerprint density at radius 3 is 2.68 bits per heavy atom. The summed E-state index contributed by atoms with van der Waals surface area (Å²) in [5.74, 6) is -3.71. The van der Waals surface area contributed by atoms with E-state index in [1.54, 1.807) is 12.1 Å². The van der Waals surface area contributed by atoms with Crippen LogP contribution in [0.3, 0.4) is 0 Å². The molecule has 0 aromatic heterocycles. The van der Waals surface area contributed by atoms with Crippen LogP contribution in [0.4, 0.5) is 23.7 Å². The summed E-state index contributed by atoms with van der Waals surface area (Å²) >= 11 is 3.88. The summed E-state index contributed by atoms with van der Waals surface area (Å²) in [6.07, 6.45) is 6.62. The Balaban J connectivity index is 1.82. The lowest BCUT2D eigenvalue weighted by molar-refractivity contribution is -0.127. The Hall–Kier alpha value is -3.43. The van der Waals surface area contributed by atoms with Crippen LogP contribution in [0.2, 0.25) is 0 Å². The van der Waals surface area contributed by atoms with Gasteiger partial charge in [0.2, 0.25) is 5.91 Å². The highest BCUT2D eigenvalue weighted by Gasteiger charge is 2.36. The van der Waals surface area contributed by atoms with Crippen molar-refractivity contribution in [1.29, 1.82) is 0 Å². The third kappa shape index (κ3) is 5.37. The van der Waals surface area contributed by atoms with Gasteiger partial charge < -0.3 is 14.8 Å². The number of hydrogen-bond donors (Lipinski definition) is 1. The Bertz CT molecular complexity index is 1260. The minimum Gasteiger partial charge on any atom is -0.493 e. The van der Waals surface area contributed by atoms with Crippen LogP contribution >= 0.6 is 27.7 Å². The zero-order valence-corrected chi connectivity index (χ0v) is 19.7. The van der Waals surface area contributed by atoms with Crippen molar-refractivity contribution in [3.8, 4) is 23.8 Å². The predicted octanol–water partition coefficient (Wildman–Crippen LogP) is 4.56. The van der Waals surface area contributed by atoms with E-state index in [2.05, 4.69) is 21.9 Å². The van der Waals surface area contributed by atoms with Crippen LogP contribution in [0.5, 0.6) is 11.5 Å². The molecule has 1 heterocycles. The van der Waals surface area contributed by atoms with Crippen molar-refractivity contribution in [2.24, 2.45) is 0 Å². The van der Waals surface area contributed by atoms with E-state index < -0.39 is 46.7 Å². The minimum atomic E-state index is -1.76. The van der Waals surface area contributed by atoms with Gasteiger partial charge in [0.05, 0.1) is 17.7 Å². The topological polar surface area (TPSA) is 84.9 Å². The van der Waals surface area contributed by atoms with Gasteiger partial charge in [0, 0.05) is 10.0 Å². The molecular weight excluding hydrogens is 541 g/mol. The third-order valence-electron chi connectivity index (χ3n) is 4.34. The third-order valence-corrected chi connectivity index (χ3v) is 5.70. The number of carbonyl (C=O) groups is 3. The first-order valence-electron chi connectivity index (χ1n) is 9.28. The molecule has 2 aromatic rings. The number of thioether (sulfide) groups is 1. The van der Waals surface area contributed by atoms with E-state index in [1.165, 1.54) is 13.2 Å². The molecule has 1 N–H and O–H groups in total. The number of hydrogen-bond acceptors (Lipinski definition) is 6.